The van der Waals surface area contributed by atoms with Crippen LogP contribution in [0.2, 0.25) is 0 Å². The Balaban J connectivity index is 0. The van der Waals surface area contributed by atoms with Gasteiger partial charge in [0.2, 0.25) is 0 Å². The van der Waals surface area contributed by atoms with E-state index >= 15 is 0 Å². The highest BCUT2D eigenvalue weighted by atomic mass is 14.5. The maximum Gasteiger partial charge on any atom is 0 e. The molecule has 0 aliphatic heterocycles. The first-order valence-electron chi connectivity index (χ1n) is 5.53. The Morgan fingerprint density at radius 2 is 1.42 bits per heavy atom. The van der Waals surface area contributed by atoms with Crippen LogP contribution >= 0.6 is 0 Å². The topological polar surface area (TPSA) is 26.0 Å². The molecule has 2 rings (SSSR count). The predicted octanol–water partition coefficient (Wildman–Crippen LogP) is 3.58. The van der Waals surface area contributed by atoms with Crippen molar-refractivity contribution in [3.63, 3.8) is 0 Å². The van der Waals surface area contributed by atoms with Crippen LogP contribution in [0.3, 0.4) is 0 Å². The molecule has 0 heterocycles. The molecular weight excluding hydrogens is 146 g/mol. The predicted molar refractivity (Wildman–Crippen MR) is 58.3 cm³/mol. The highest BCUT2D eigenvalue weighted by Crippen LogP contribution is 2.57. The SMILES string of the molecule is C1CCC2(C1)CC2.CC.CCN.[HH]. The van der Waals surface area contributed by atoms with Crippen molar-refractivity contribution in [2.75, 3.05) is 6.54 Å². The van der Waals surface area contributed by atoms with Gasteiger partial charge in [-0.05, 0) is 37.6 Å². The van der Waals surface area contributed by atoms with Gasteiger partial charge < -0.3 is 5.73 Å². The van der Waals surface area contributed by atoms with E-state index in [9.17, 15) is 0 Å². The van der Waals surface area contributed by atoms with Gasteiger partial charge in [-0.15, -0.1) is 0 Å². The molecule has 0 aromatic rings. The van der Waals surface area contributed by atoms with Gasteiger partial charge in [0.15, 0.2) is 0 Å². The van der Waals surface area contributed by atoms with Crippen molar-refractivity contribution in [3.8, 4) is 0 Å². The summed E-state index contributed by atoms with van der Waals surface area (Å²) in [6, 6.07) is 0. The molecule has 0 saturated heterocycles. The van der Waals surface area contributed by atoms with Gasteiger partial charge in [-0.3, -0.25) is 0 Å². The Bertz CT molecular complexity index is 92.3. The third kappa shape index (κ3) is 4.10. The van der Waals surface area contributed by atoms with Crippen LogP contribution in [-0.2, 0) is 0 Å². The van der Waals surface area contributed by atoms with Crippen molar-refractivity contribution < 1.29 is 1.43 Å². The van der Waals surface area contributed by atoms with Crippen LogP contribution in [0, 0.1) is 5.41 Å². The van der Waals surface area contributed by atoms with E-state index in [1.54, 1.807) is 25.7 Å². The van der Waals surface area contributed by atoms with Gasteiger partial charge in [0, 0.05) is 1.43 Å². The van der Waals surface area contributed by atoms with E-state index in [1.165, 1.54) is 12.8 Å². The van der Waals surface area contributed by atoms with E-state index in [-0.39, 0.29) is 1.43 Å². The third-order valence-electron chi connectivity index (χ3n) is 2.62. The molecule has 12 heavy (non-hydrogen) atoms. The van der Waals surface area contributed by atoms with Gasteiger partial charge in [0.1, 0.15) is 0 Å². The lowest BCUT2D eigenvalue weighted by molar-refractivity contribution is 0.535. The molecule has 2 aliphatic rings. The fourth-order valence-corrected chi connectivity index (χ4v) is 1.80. The van der Waals surface area contributed by atoms with Gasteiger partial charge >= 0.3 is 0 Å². The number of hydrogen-bond donors (Lipinski definition) is 1. The maximum atomic E-state index is 4.85. The first-order chi connectivity index (χ1) is 5.83. The summed E-state index contributed by atoms with van der Waals surface area (Å²) in [5, 5.41) is 0. The maximum absolute atomic E-state index is 4.85. The van der Waals surface area contributed by atoms with Crippen LogP contribution < -0.4 is 5.73 Å². The van der Waals surface area contributed by atoms with Gasteiger partial charge in [-0.25, -0.2) is 0 Å². The summed E-state index contributed by atoms with van der Waals surface area (Å²) in [5.74, 6) is 0. The molecule has 0 bridgehead atoms. The molecule has 2 N–H and O–H groups in total. The van der Waals surface area contributed by atoms with Crippen molar-refractivity contribution in [1.29, 1.82) is 0 Å². The standard InChI is InChI=1S/C7H12.C2H7N.C2H6.H2/c1-2-4-7(3-1)5-6-7;1-2-3;1-2;/h1-6H2;2-3H2,1H3;1-2H3;1H. The average molecular weight is 173 g/mol. The monoisotopic (exact) mass is 173 g/mol. The van der Waals surface area contributed by atoms with E-state index in [1.807, 2.05) is 20.8 Å². The Morgan fingerprint density at radius 1 is 1.08 bits per heavy atom. The second-order valence-electron chi connectivity index (χ2n) is 3.62. The van der Waals surface area contributed by atoms with Crippen molar-refractivity contribution in [2.45, 2.75) is 59.3 Å². The summed E-state index contributed by atoms with van der Waals surface area (Å²) >= 11 is 0. The molecule has 1 heteroatoms. The summed E-state index contributed by atoms with van der Waals surface area (Å²) in [5.41, 5.74) is 5.79. The lowest BCUT2D eigenvalue weighted by atomic mass is 10.1. The van der Waals surface area contributed by atoms with E-state index in [0.29, 0.717) is 0 Å². The van der Waals surface area contributed by atoms with Crippen molar-refractivity contribution in [1.82, 2.24) is 0 Å². The molecule has 0 aromatic carbocycles. The first kappa shape index (κ1) is 12.0. The first-order valence-corrected chi connectivity index (χ1v) is 5.53. The summed E-state index contributed by atoms with van der Waals surface area (Å²) in [6.45, 7) is 6.65. The Hall–Kier alpha value is -0.0400. The van der Waals surface area contributed by atoms with Gasteiger partial charge in [0.05, 0.1) is 0 Å². The van der Waals surface area contributed by atoms with E-state index in [2.05, 4.69) is 0 Å². The van der Waals surface area contributed by atoms with Crippen LogP contribution in [0.25, 0.3) is 0 Å². The molecule has 2 fully saturated rings. The Kier molecular flexibility index (Phi) is 6.45. The van der Waals surface area contributed by atoms with Crippen molar-refractivity contribution >= 4 is 0 Å². The molecule has 2 saturated carbocycles. The summed E-state index contributed by atoms with van der Waals surface area (Å²) < 4.78 is 0. The molecule has 0 amide bonds. The van der Waals surface area contributed by atoms with Crippen LogP contribution in [0.5, 0.6) is 0 Å². The summed E-state index contributed by atoms with van der Waals surface area (Å²) in [7, 11) is 0. The van der Waals surface area contributed by atoms with E-state index in [4.69, 9.17) is 5.73 Å². The van der Waals surface area contributed by atoms with Crippen molar-refractivity contribution in [3.05, 3.63) is 0 Å². The largest absolute Gasteiger partial charge is 0.331 e. The van der Waals surface area contributed by atoms with Gasteiger partial charge in [-0.2, -0.15) is 0 Å². The zero-order valence-corrected chi connectivity index (χ0v) is 9.03. The lowest BCUT2D eigenvalue weighted by Crippen LogP contribution is -1.87. The quantitative estimate of drug-likeness (QED) is 0.595. The van der Waals surface area contributed by atoms with Crippen LogP contribution in [0.1, 0.15) is 60.7 Å². The average Bonchev–Trinajstić information content (AvgIpc) is 2.65. The number of rotatable bonds is 0. The Morgan fingerprint density at radius 3 is 1.58 bits per heavy atom. The second-order valence-corrected chi connectivity index (χ2v) is 3.62. The fraction of sp³-hybridized carbons (Fsp3) is 1.00. The molecule has 0 atom stereocenters. The molecule has 0 unspecified atom stereocenters. The van der Waals surface area contributed by atoms with Crippen LogP contribution in [0.15, 0.2) is 0 Å². The zero-order valence-electron chi connectivity index (χ0n) is 9.03. The number of nitrogens with two attached hydrogens (primary N) is 1. The smallest absolute Gasteiger partial charge is 0 e. The minimum Gasteiger partial charge on any atom is -0.331 e. The molecule has 1 nitrogen and oxygen atoms in total. The lowest BCUT2D eigenvalue weighted by Gasteiger charge is -1.97. The second kappa shape index (κ2) is 6.47. The van der Waals surface area contributed by atoms with Gasteiger partial charge in [-0.1, -0.05) is 33.6 Å². The van der Waals surface area contributed by atoms with Gasteiger partial charge in [0.25, 0.3) is 0 Å². The molecule has 76 valence electrons. The minimum absolute atomic E-state index is 0. The third-order valence-corrected chi connectivity index (χ3v) is 2.62. The highest BCUT2D eigenvalue weighted by molar-refractivity contribution is 4.95. The number of hydrogen-bond acceptors (Lipinski definition) is 1. The van der Waals surface area contributed by atoms with Crippen LogP contribution in [0.4, 0.5) is 0 Å². The molecule has 0 aromatic heterocycles. The van der Waals surface area contributed by atoms with Crippen LogP contribution in [-0.4, -0.2) is 6.54 Å². The zero-order chi connectivity index (χ0) is 9.45. The summed E-state index contributed by atoms with van der Waals surface area (Å²) in [4.78, 5) is 0. The fourth-order valence-electron chi connectivity index (χ4n) is 1.80. The molecule has 1 spiro atoms. The van der Waals surface area contributed by atoms with Crippen molar-refractivity contribution in [2.24, 2.45) is 11.1 Å². The highest BCUT2D eigenvalue weighted by Gasteiger charge is 2.43. The minimum atomic E-state index is 0. The summed E-state index contributed by atoms with van der Waals surface area (Å²) in [6.07, 6.45) is 9.31. The normalized spacial score (nSPS) is 22.0. The molecule has 2 aliphatic carbocycles. The van der Waals surface area contributed by atoms with E-state index in [0.717, 1.165) is 12.0 Å². The van der Waals surface area contributed by atoms with E-state index < -0.39 is 0 Å². The molecule has 0 radical (unpaired) electrons. The Labute approximate surface area is 79.2 Å². The molecular formula is C11H27N.